The van der Waals surface area contributed by atoms with Gasteiger partial charge in [0.2, 0.25) is 0 Å². The second-order valence-electron chi connectivity index (χ2n) is 4.28. The van der Waals surface area contributed by atoms with Crippen LogP contribution in [0.15, 0.2) is 65.6 Å². The van der Waals surface area contributed by atoms with Crippen LogP contribution in [-0.2, 0) is 10.1 Å². The van der Waals surface area contributed by atoms with Gasteiger partial charge in [0.1, 0.15) is 0 Å². The molecule has 2 rings (SSSR count). The van der Waals surface area contributed by atoms with Crippen molar-refractivity contribution in [1.29, 1.82) is 0 Å². The molecule has 3 heteroatoms. The van der Waals surface area contributed by atoms with Gasteiger partial charge in [-0.05, 0) is 0 Å². The van der Waals surface area contributed by atoms with Crippen LogP contribution in [0.1, 0.15) is 12.5 Å². The fraction of sp³-hybridized carbons (Fsp3) is 0.118. The van der Waals surface area contributed by atoms with Crippen molar-refractivity contribution >= 4 is 20.7 Å². The Morgan fingerprint density at radius 2 is 1.70 bits per heavy atom. The zero-order valence-electron chi connectivity index (χ0n) is 11.3. The number of ether oxygens (including phenoxy) is 1. The molecule has 0 aliphatic heterocycles. The van der Waals surface area contributed by atoms with Gasteiger partial charge in [-0.25, -0.2) is 0 Å². The number of carbonyl (C=O) groups excluding carboxylic acids is 1. The Balaban J connectivity index is 1.88. The van der Waals surface area contributed by atoms with Gasteiger partial charge in [0.15, 0.2) is 0 Å². The van der Waals surface area contributed by atoms with E-state index in [1.165, 1.54) is 5.56 Å². The topological polar surface area (TPSA) is 26.3 Å². The Morgan fingerprint density at radius 1 is 1.05 bits per heavy atom. The van der Waals surface area contributed by atoms with E-state index < -0.39 is 0 Å². The summed E-state index contributed by atoms with van der Waals surface area (Å²) >= 11 is 0.327. The second kappa shape index (κ2) is 7.68. The van der Waals surface area contributed by atoms with Crippen LogP contribution in [0.25, 0.3) is 0 Å². The standard InChI is InChI=1S/C17H16O2Se/c1-14(18)11-12-20-13-15-7-9-17(10-8-15)19-16-5-3-2-4-6-16/h2-12H,13H2,1H3/b12-11+. The van der Waals surface area contributed by atoms with Crippen molar-refractivity contribution in [3.8, 4) is 11.5 Å². The predicted molar refractivity (Wildman–Crippen MR) is 82.2 cm³/mol. The number of carbonyl (C=O) groups is 1. The molecule has 2 aromatic carbocycles. The third-order valence-electron chi connectivity index (χ3n) is 2.55. The van der Waals surface area contributed by atoms with Gasteiger partial charge in [-0.15, -0.1) is 0 Å². The van der Waals surface area contributed by atoms with Gasteiger partial charge in [0, 0.05) is 0 Å². The molecule has 0 atom stereocenters. The van der Waals surface area contributed by atoms with Crippen LogP contribution in [0.5, 0.6) is 11.5 Å². The zero-order chi connectivity index (χ0) is 14.2. The van der Waals surface area contributed by atoms with Gasteiger partial charge < -0.3 is 0 Å². The number of hydrogen-bond donors (Lipinski definition) is 0. The quantitative estimate of drug-likeness (QED) is 0.595. The molecular formula is C17H16O2Se. The van der Waals surface area contributed by atoms with Crippen molar-refractivity contribution < 1.29 is 9.53 Å². The Hall–Kier alpha value is -1.83. The maximum absolute atomic E-state index is 10.8. The summed E-state index contributed by atoms with van der Waals surface area (Å²) in [5, 5.41) is 0.988. The Kier molecular flexibility index (Phi) is 5.60. The Labute approximate surface area is 125 Å². The average Bonchev–Trinajstić information content (AvgIpc) is 2.46. The number of rotatable bonds is 6. The fourth-order valence-electron chi connectivity index (χ4n) is 1.57. The van der Waals surface area contributed by atoms with Gasteiger partial charge in [0.25, 0.3) is 0 Å². The zero-order valence-corrected chi connectivity index (χ0v) is 13.0. The van der Waals surface area contributed by atoms with Crippen LogP contribution < -0.4 is 4.74 Å². The summed E-state index contributed by atoms with van der Waals surface area (Å²) in [7, 11) is 0. The molecule has 102 valence electrons. The number of hydrogen-bond acceptors (Lipinski definition) is 2. The molecule has 0 fully saturated rings. The number of allylic oxidation sites excluding steroid dienone is 1. The molecule has 0 unspecified atom stereocenters. The molecular weight excluding hydrogens is 315 g/mol. The molecule has 0 spiro atoms. The molecule has 0 aromatic heterocycles. The van der Waals surface area contributed by atoms with E-state index in [1.54, 1.807) is 13.0 Å². The van der Waals surface area contributed by atoms with E-state index in [0.29, 0.717) is 15.0 Å². The number of ketones is 1. The van der Waals surface area contributed by atoms with Gasteiger partial charge in [-0.3, -0.25) is 0 Å². The molecule has 20 heavy (non-hydrogen) atoms. The SMILES string of the molecule is CC(=O)/C=C/[Se]Cc1ccc(Oc2ccccc2)cc1. The molecule has 0 saturated carbocycles. The molecule has 0 radical (unpaired) electrons. The second-order valence-corrected chi connectivity index (χ2v) is 6.16. The van der Waals surface area contributed by atoms with Crippen molar-refractivity contribution in [2.45, 2.75) is 12.2 Å². The predicted octanol–water partition coefficient (Wildman–Crippen LogP) is 3.79. The molecule has 0 aliphatic rings. The minimum absolute atomic E-state index is 0.110. The van der Waals surface area contributed by atoms with Crippen LogP contribution in [0, 0.1) is 0 Å². The van der Waals surface area contributed by atoms with Crippen LogP contribution in [0.2, 0.25) is 0 Å². The first-order chi connectivity index (χ1) is 9.74. The van der Waals surface area contributed by atoms with Crippen LogP contribution in [0.3, 0.4) is 0 Å². The van der Waals surface area contributed by atoms with E-state index >= 15 is 0 Å². The van der Waals surface area contributed by atoms with E-state index in [2.05, 4.69) is 12.1 Å². The summed E-state index contributed by atoms with van der Waals surface area (Å²) in [4.78, 5) is 12.8. The van der Waals surface area contributed by atoms with Crippen LogP contribution in [0.4, 0.5) is 0 Å². The first-order valence-corrected chi connectivity index (χ1v) is 8.54. The normalized spacial score (nSPS) is 10.7. The molecule has 0 aliphatic carbocycles. The monoisotopic (exact) mass is 332 g/mol. The van der Waals surface area contributed by atoms with Gasteiger partial charge in [-0.2, -0.15) is 0 Å². The summed E-state index contributed by atoms with van der Waals surface area (Å²) in [6.45, 7) is 1.57. The van der Waals surface area contributed by atoms with Crippen LogP contribution >= 0.6 is 0 Å². The van der Waals surface area contributed by atoms with Crippen molar-refractivity contribution in [3.05, 3.63) is 71.2 Å². The van der Waals surface area contributed by atoms with Crippen molar-refractivity contribution in [1.82, 2.24) is 0 Å². The van der Waals surface area contributed by atoms with Gasteiger partial charge >= 0.3 is 125 Å². The number of para-hydroxylation sites is 1. The average molecular weight is 331 g/mol. The van der Waals surface area contributed by atoms with E-state index in [1.807, 2.05) is 47.4 Å². The van der Waals surface area contributed by atoms with Gasteiger partial charge in [-0.1, -0.05) is 0 Å². The molecule has 0 saturated heterocycles. The van der Waals surface area contributed by atoms with E-state index in [0.717, 1.165) is 16.8 Å². The van der Waals surface area contributed by atoms with E-state index in [-0.39, 0.29) is 5.78 Å². The summed E-state index contributed by atoms with van der Waals surface area (Å²) in [6, 6.07) is 17.8. The summed E-state index contributed by atoms with van der Waals surface area (Å²) in [5.74, 6) is 1.79. The molecule has 2 nitrogen and oxygen atoms in total. The third-order valence-corrected chi connectivity index (χ3v) is 4.29. The van der Waals surface area contributed by atoms with E-state index in [4.69, 9.17) is 4.74 Å². The van der Waals surface area contributed by atoms with Crippen molar-refractivity contribution in [3.63, 3.8) is 0 Å². The molecule has 0 heterocycles. The minimum atomic E-state index is 0.110. The first kappa shape index (κ1) is 14.6. The first-order valence-electron chi connectivity index (χ1n) is 6.34. The summed E-state index contributed by atoms with van der Waals surface area (Å²) in [6.07, 6.45) is 1.65. The molecule has 2 aromatic rings. The van der Waals surface area contributed by atoms with Gasteiger partial charge in [0.05, 0.1) is 0 Å². The van der Waals surface area contributed by atoms with Crippen LogP contribution in [-0.4, -0.2) is 20.7 Å². The summed E-state index contributed by atoms with van der Waals surface area (Å²) in [5.41, 5.74) is 1.26. The Morgan fingerprint density at radius 3 is 2.35 bits per heavy atom. The van der Waals surface area contributed by atoms with Crippen molar-refractivity contribution in [2.75, 3.05) is 0 Å². The molecule has 0 bridgehead atoms. The van der Waals surface area contributed by atoms with E-state index in [9.17, 15) is 4.79 Å². The number of benzene rings is 2. The van der Waals surface area contributed by atoms with Crippen molar-refractivity contribution in [2.24, 2.45) is 0 Å². The third kappa shape index (κ3) is 5.04. The Bertz CT molecular complexity index is 574. The molecule has 0 amide bonds. The maximum atomic E-state index is 10.8. The fourth-order valence-corrected chi connectivity index (χ4v) is 3.18. The summed E-state index contributed by atoms with van der Waals surface area (Å²) < 4.78 is 5.74. The molecule has 0 N–H and O–H groups in total.